The van der Waals surface area contributed by atoms with Crippen LogP contribution in [0, 0.1) is 0 Å². The zero-order valence-electron chi connectivity index (χ0n) is 12.3. The summed E-state index contributed by atoms with van der Waals surface area (Å²) in [5.74, 6) is 1.37. The van der Waals surface area contributed by atoms with Crippen molar-refractivity contribution in [3.8, 4) is 17.2 Å². The highest BCUT2D eigenvalue weighted by Gasteiger charge is 2.29. The molecule has 0 aliphatic rings. The fourth-order valence-electron chi connectivity index (χ4n) is 1.58. The first-order chi connectivity index (χ1) is 9.42. The van der Waals surface area contributed by atoms with Crippen molar-refractivity contribution in [1.29, 1.82) is 0 Å². The van der Waals surface area contributed by atoms with Crippen molar-refractivity contribution in [3.05, 3.63) is 18.2 Å². The third kappa shape index (κ3) is 4.31. The number of benzene rings is 1. The Labute approximate surface area is 118 Å². The molecule has 1 rings (SSSR count). The molecule has 0 saturated carbocycles. The van der Waals surface area contributed by atoms with E-state index in [1.807, 2.05) is 0 Å². The molecular formula is C14H21NO5. The summed E-state index contributed by atoms with van der Waals surface area (Å²) in [4.78, 5) is 11.4. The lowest BCUT2D eigenvalue weighted by molar-refractivity contribution is -0.146. The summed E-state index contributed by atoms with van der Waals surface area (Å²) >= 11 is 0. The van der Waals surface area contributed by atoms with Crippen molar-refractivity contribution >= 4 is 5.97 Å². The first-order valence-corrected chi connectivity index (χ1v) is 6.16. The molecule has 6 nitrogen and oxygen atoms in total. The van der Waals surface area contributed by atoms with E-state index < -0.39 is 11.5 Å². The largest absolute Gasteiger partial charge is 0.496 e. The molecule has 0 aliphatic carbocycles. The lowest BCUT2D eigenvalue weighted by atomic mass is 10.0. The van der Waals surface area contributed by atoms with Crippen molar-refractivity contribution in [3.63, 3.8) is 0 Å². The first-order valence-electron chi connectivity index (χ1n) is 6.16. The van der Waals surface area contributed by atoms with Gasteiger partial charge in [-0.25, -0.2) is 0 Å². The number of esters is 1. The molecule has 1 aromatic carbocycles. The van der Waals surface area contributed by atoms with Crippen LogP contribution in [0.4, 0.5) is 0 Å². The minimum absolute atomic E-state index is 0.276. The van der Waals surface area contributed by atoms with E-state index in [0.717, 1.165) is 0 Å². The molecule has 1 atom stereocenters. The lowest BCUT2D eigenvalue weighted by Gasteiger charge is -2.21. The van der Waals surface area contributed by atoms with Crippen molar-refractivity contribution in [2.75, 3.05) is 27.9 Å². The van der Waals surface area contributed by atoms with Gasteiger partial charge in [0, 0.05) is 24.6 Å². The zero-order chi connectivity index (χ0) is 15.2. The number of methoxy groups -OCH3 is 3. The zero-order valence-corrected chi connectivity index (χ0v) is 12.3. The molecule has 6 heteroatoms. The number of ether oxygens (including phenoxy) is 4. The van der Waals surface area contributed by atoms with E-state index in [1.165, 1.54) is 7.11 Å². The van der Waals surface area contributed by atoms with Crippen LogP contribution in [0.2, 0.25) is 0 Å². The molecule has 20 heavy (non-hydrogen) atoms. The molecule has 0 spiro atoms. The Bertz CT molecular complexity index is 437. The van der Waals surface area contributed by atoms with Gasteiger partial charge in [-0.15, -0.1) is 0 Å². The number of hydrogen-bond donors (Lipinski definition) is 1. The van der Waals surface area contributed by atoms with Gasteiger partial charge in [0.15, 0.2) is 0 Å². The predicted octanol–water partition coefficient (Wildman–Crippen LogP) is 1.36. The molecule has 0 amide bonds. The molecule has 2 N–H and O–H groups in total. The number of nitrogens with two attached hydrogens (primary N) is 1. The van der Waals surface area contributed by atoms with Crippen LogP contribution in [0.25, 0.3) is 0 Å². The van der Waals surface area contributed by atoms with E-state index in [0.29, 0.717) is 23.7 Å². The molecule has 0 aromatic heterocycles. The maximum absolute atomic E-state index is 11.4. The van der Waals surface area contributed by atoms with Crippen molar-refractivity contribution < 1.29 is 23.7 Å². The summed E-state index contributed by atoms with van der Waals surface area (Å²) in [6.07, 6.45) is 0.333. The van der Waals surface area contributed by atoms with Gasteiger partial charge >= 0.3 is 5.97 Å². The molecule has 0 aliphatic heterocycles. The summed E-state index contributed by atoms with van der Waals surface area (Å²) in [7, 11) is 4.43. The molecule has 0 heterocycles. The number of carbonyl (C=O) groups excluding carboxylic acids is 1. The third-order valence-corrected chi connectivity index (χ3v) is 2.87. The number of carbonyl (C=O) groups is 1. The number of rotatable bonds is 7. The van der Waals surface area contributed by atoms with Crippen LogP contribution in [0.1, 0.15) is 13.3 Å². The van der Waals surface area contributed by atoms with Crippen LogP contribution < -0.4 is 19.9 Å². The van der Waals surface area contributed by atoms with Gasteiger partial charge < -0.3 is 24.7 Å². The first kappa shape index (κ1) is 16.1. The fourth-order valence-corrected chi connectivity index (χ4v) is 1.58. The minimum Gasteiger partial charge on any atom is -0.496 e. The Kier molecular flexibility index (Phi) is 5.64. The van der Waals surface area contributed by atoms with Crippen molar-refractivity contribution in [2.24, 2.45) is 5.73 Å². The lowest BCUT2D eigenvalue weighted by Crippen LogP contribution is -2.46. The summed E-state index contributed by atoms with van der Waals surface area (Å²) in [6.45, 7) is 1.88. The Morgan fingerprint density at radius 3 is 2.05 bits per heavy atom. The second-order valence-corrected chi connectivity index (χ2v) is 4.56. The van der Waals surface area contributed by atoms with E-state index in [2.05, 4.69) is 4.74 Å². The van der Waals surface area contributed by atoms with Crippen LogP contribution in [0.5, 0.6) is 17.2 Å². The van der Waals surface area contributed by atoms with Gasteiger partial charge in [0.2, 0.25) is 0 Å². The highest BCUT2D eigenvalue weighted by Crippen LogP contribution is 2.27. The SMILES string of the molecule is COC(=O)C(C)(N)CCOc1cc(OC)cc(OC)c1. The monoisotopic (exact) mass is 283 g/mol. The van der Waals surface area contributed by atoms with Gasteiger partial charge in [-0.05, 0) is 6.92 Å². The molecule has 0 bridgehead atoms. The van der Waals surface area contributed by atoms with E-state index in [4.69, 9.17) is 19.9 Å². The maximum Gasteiger partial charge on any atom is 0.325 e. The van der Waals surface area contributed by atoms with Gasteiger partial charge in [-0.1, -0.05) is 0 Å². The predicted molar refractivity (Wildman–Crippen MR) is 74.3 cm³/mol. The maximum atomic E-state index is 11.4. The van der Waals surface area contributed by atoms with Gasteiger partial charge in [0.05, 0.1) is 27.9 Å². The fraction of sp³-hybridized carbons (Fsp3) is 0.500. The summed E-state index contributed by atoms with van der Waals surface area (Å²) in [5.41, 5.74) is 4.77. The molecule has 1 aromatic rings. The summed E-state index contributed by atoms with van der Waals surface area (Å²) in [6, 6.07) is 5.21. The van der Waals surface area contributed by atoms with Gasteiger partial charge in [0.1, 0.15) is 22.8 Å². The Balaban J connectivity index is 2.64. The third-order valence-electron chi connectivity index (χ3n) is 2.87. The summed E-state index contributed by atoms with van der Waals surface area (Å²) < 4.78 is 20.5. The van der Waals surface area contributed by atoms with Crippen LogP contribution in [-0.2, 0) is 9.53 Å². The average Bonchev–Trinajstić information content (AvgIpc) is 2.45. The van der Waals surface area contributed by atoms with Crippen molar-refractivity contribution in [1.82, 2.24) is 0 Å². The van der Waals surface area contributed by atoms with E-state index in [1.54, 1.807) is 39.3 Å². The van der Waals surface area contributed by atoms with Crippen LogP contribution in [0.15, 0.2) is 18.2 Å². The standard InChI is InChI=1S/C14H21NO5/c1-14(15,13(16)19-4)5-6-20-12-8-10(17-2)7-11(9-12)18-3/h7-9H,5-6,15H2,1-4H3. The Morgan fingerprint density at radius 1 is 1.10 bits per heavy atom. The summed E-state index contributed by atoms with van der Waals surface area (Å²) in [5, 5.41) is 0. The number of hydrogen-bond acceptors (Lipinski definition) is 6. The minimum atomic E-state index is -1.07. The van der Waals surface area contributed by atoms with Gasteiger partial charge in [0.25, 0.3) is 0 Å². The highest BCUT2D eigenvalue weighted by atomic mass is 16.5. The molecule has 0 radical (unpaired) electrons. The highest BCUT2D eigenvalue weighted by molar-refractivity contribution is 5.79. The molecule has 112 valence electrons. The smallest absolute Gasteiger partial charge is 0.325 e. The van der Waals surface area contributed by atoms with Gasteiger partial charge in [-0.3, -0.25) is 4.79 Å². The molecule has 0 saturated heterocycles. The van der Waals surface area contributed by atoms with Crippen LogP contribution in [-0.4, -0.2) is 39.4 Å². The normalized spacial score (nSPS) is 13.2. The Hall–Kier alpha value is -1.95. The quantitative estimate of drug-likeness (QED) is 0.761. The molecule has 0 fully saturated rings. The van der Waals surface area contributed by atoms with E-state index >= 15 is 0 Å². The van der Waals surface area contributed by atoms with E-state index in [9.17, 15) is 4.79 Å². The molecule has 1 unspecified atom stereocenters. The second-order valence-electron chi connectivity index (χ2n) is 4.56. The van der Waals surface area contributed by atoms with Gasteiger partial charge in [-0.2, -0.15) is 0 Å². The molecular weight excluding hydrogens is 262 g/mol. The topological polar surface area (TPSA) is 80.0 Å². The van der Waals surface area contributed by atoms with Crippen molar-refractivity contribution in [2.45, 2.75) is 18.9 Å². The van der Waals surface area contributed by atoms with E-state index in [-0.39, 0.29) is 6.61 Å². The average molecular weight is 283 g/mol. The van der Waals surface area contributed by atoms with Crippen LogP contribution in [0.3, 0.4) is 0 Å². The second kappa shape index (κ2) is 7.00. The Morgan fingerprint density at radius 2 is 1.60 bits per heavy atom. The van der Waals surface area contributed by atoms with Crippen LogP contribution >= 0.6 is 0 Å².